The second-order valence-corrected chi connectivity index (χ2v) is 5.69. The highest BCUT2D eigenvalue weighted by Crippen LogP contribution is 2.27. The number of nitrogens with one attached hydrogen (secondary N) is 2. The van der Waals surface area contributed by atoms with Gasteiger partial charge in [-0.25, -0.2) is 0 Å². The van der Waals surface area contributed by atoms with E-state index < -0.39 is 0 Å². The summed E-state index contributed by atoms with van der Waals surface area (Å²) in [6.07, 6.45) is 0. The van der Waals surface area contributed by atoms with Crippen LogP contribution >= 0.6 is 0 Å². The molecular weight excluding hydrogens is 262 g/mol. The maximum Gasteiger partial charge on any atom is 0.119 e. The summed E-state index contributed by atoms with van der Waals surface area (Å²) in [7, 11) is 0. The molecule has 1 aromatic heterocycles. The number of benzene rings is 1. The largest absolute Gasteiger partial charge is 0.493 e. The molecule has 21 heavy (non-hydrogen) atoms. The Morgan fingerprint density at radius 1 is 1.33 bits per heavy atom. The smallest absolute Gasteiger partial charge is 0.119 e. The van der Waals surface area contributed by atoms with Crippen molar-refractivity contribution in [3.05, 3.63) is 35.5 Å². The van der Waals surface area contributed by atoms with Gasteiger partial charge in [0.25, 0.3) is 0 Å². The zero-order valence-electron chi connectivity index (χ0n) is 13.4. The van der Waals surface area contributed by atoms with E-state index in [-0.39, 0.29) is 0 Å². The van der Waals surface area contributed by atoms with Gasteiger partial charge in [0.2, 0.25) is 0 Å². The fraction of sp³-hybridized carbons (Fsp3) is 0.471. The van der Waals surface area contributed by atoms with E-state index in [1.165, 1.54) is 5.56 Å². The molecule has 4 nitrogen and oxygen atoms in total. The van der Waals surface area contributed by atoms with E-state index in [0.29, 0.717) is 5.92 Å². The molecule has 0 amide bonds. The number of aromatic nitrogens is 2. The van der Waals surface area contributed by atoms with E-state index in [1.54, 1.807) is 0 Å². The van der Waals surface area contributed by atoms with E-state index in [0.717, 1.165) is 42.4 Å². The van der Waals surface area contributed by atoms with Crippen LogP contribution in [0.3, 0.4) is 0 Å². The van der Waals surface area contributed by atoms with E-state index in [1.807, 2.05) is 12.1 Å². The molecule has 0 aliphatic heterocycles. The highest BCUT2D eigenvalue weighted by molar-refractivity contribution is 5.65. The van der Waals surface area contributed by atoms with Crippen molar-refractivity contribution in [3.63, 3.8) is 0 Å². The van der Waals surface area contributed by atoms with Gasteiger partial charge in [-0.15, -0.1) is 0 Å². The first-order valence-corrected chi connectivity index (χ1v) is 7.59. The summed E-state index contributed by atoms with van der Waals surface area (Å²) < 4.78 is 5.80. The van der Waals surface area contributed by atoms with Crippen LogP contribution in [0.15, 0.2) is 24.3 Å². The number of nitrogens with zero attached hydrogens (tertiary/aromatic N) is 1. The van der Waals surface area contributed by atoms with Crippen molar-refractivity contribution in [1.29, 1.82) is 0 Å². The molecule has 2 rings (SSSR count). The molecule has 0 saturated heterocycles. The highest BCUT2D eigenvalue weighted by Gasteiger charge is 2.12. The molecule has 4 heteroatoms. The molecule has 2 N–H and O–H groups in total. The first-order valence-electron chi connectivity index (χ1n) is 7.59. The van der Waals surface area contributed by atoms with Gasteiger partial charge < -0.3 is 10.1 Å². The lowest BCUT2D eigenvalue weighted by Crippen LogP contribution is -2.12. The predicted octanol–water partition coefficient (Wildman–Crippen LogP) is 3.53. The molecule has 0 saturated carbocycles. The van der Waals surface area contributed by atoms with Crippen molar-refractivity contribution >= 4 is 0 Å². The Kier molecular flexibility index (Phi) is 5.39. The Bertz CT molecular complexity index is 575. The molecule has 1 aromatic carbocycles. The van der Waals surface area contributed by atoms with Gasteiger partial charge in [-0.3, -0.25) is 5.10 Å². The average Bonchev–Trinajstić information content (AvgIpc) is 2.84. The molecule has 1 heterocycles. The average molecular weight is 287 g/mol. The molecule has 0 atom stereocenters. The summed E-state index contributed by atoms with van der Waals surface area (Å²) in [5.41, 5.74) is 4.43. The van der Waals surface area contributed by atoms with Crippen LogP contribution in [0, 0.1) is 12.8 Å². The van der Waals surface area contributed by atoms with Crippen molar-refractivity contribution in [3.8, 4) is 17.0 Å². The SMILES string of the molecule is CCNCc1c(-c2cccc(OCC(C)C)c2)n[nH]c1C. The van der Waals surface area contributed by atoms with E-state index in [2.05, 4.69) is 55.3 Å². The third-order valence-corrected chi connectivity index (χ3v) is 3.32. The van der Waals surface area contributed by atoms with Crippen molar-refractivity contribution in [2.24, 2.45) is 5.92 Å². The summed E-state index contributed by atoms with van der Waals surface area (Å²) in [5.74, 6) is 1.42. The van der Waals surface area contributed by atoms with Gasteiger partial charge in [0, 0.05) is 23.4 Å². The molecule has 2 aromatic rings. The number of aromatic amines is 1. The van der Waals surface area contributed by atoms with Crippen LogP contribution in [-0.2, 0) is 6.54 Å². The quantitative estimate of drug-likeness (QED) is 0.819. The van der Waals surface area contributed by atoms with Crippen molar-refractivity contribution in [2.75, 3.05) is 13.2 Å². The molecule has 0 aliphatic rings. The van der Waals surface area contributed by atoms with Gasteiger partial charge in [-0.2, -0.15) is 5.10 Å². The van der Waals surface area contributed by atoms with Crippen LogP contribution in [0.25, 0.3) is 11.3 Å². The van der Waals surface area contributed by atoms with E-state index in [9.17, 15) is 0 Å². The summed E-state index contributed by atoms with van der Waals surface area (Å²) >= 11 is 0. The Balaban J connectivity index is 2.23. The normalized spacial score (nSPS) is 11.1. The first-order chi connectivity index (χ1) is 10.1. The van der Waals surface area contributed by atoms with Gasteiger partial charge in [-0.1, -0.05) is 32.9 Å². The van der Waals surface area contributed by atoms with Crippen LogP contribution in [0.1, 0.15) is 32.0 Å². The maximum atomic E-state index is 5.80. The molecule has 0 radical (unpaired) electrons. The van der Waals surface area contributed by atoms with Crippen LogP contribution in [0.4, 0.5) is 0 Å². The van der Waals surface area contributed by atoms with Crippen molar-refractivity contribution in [2.45, 2.75) is 34.2 Å². The third kappa shape index (κ3) is 4.08. The molecule has 0 bridgehead atoms. The van der Waals surface area contributed by atoms with Crippen LogP contribution in [-0.4, -0.2) is 23.3 Å². The van der Waals surface area contributed by atoms with E-state index >= 15 is 0 Å². The predicted molar refractivity (Wildman–Crippen MR) is 86.5 cm³/mol. The fourth-order valence-electron chi connectivity index (χ4n) is 2.15. The zero-order valence-corrected chi connectivity index (χ0v) is 13.4. The highest BCUT2D eigenvalue weighted by atomic mass is 16.5. The molecule has 114 valence electrons. The molecule has 0 spiro atoms. The van der Waals surface area contributed by atoms with Crippen molar-refractivity contribution in [1.82, 2.24) is 15.5 Å². The maximum absolute atomic E-state index is 5.80. The number of hydrogen-bond donors (Lipinski definition) is 2. The molecule has 0 unspecified atom stereocenters. The van der Waals surface area contributed by atoms with E-state index in [4.69, 9.17) is 4.74 Å². The van der Waals surface area contributed by atoms with Crippen LogP contribution in [0.2, 0.25) is 0 Å². The minimum atomic E-state index is 0.519. The molecular formula is C17H25N3O. The molecule has 0 aliphatic carbocycles. The minimum Gasteiger partial charge on any atom is -0.493 e. The van der Waals surface area contributed by atoms with Gasteiger partial charge in [-0.05, 0) is 31.5 Å². The third-order valence-electron chi connectivity index (χ3n) is 3.32. The summed E-state index contributed by atoms with van der Waals surface area (Å²) in [5, 5.41) is 10.9. The number of aryl methyl sites for hydroxylation is 1. The Labute approximate surface area is 126 Å². The lowest BCUT2D eigenvalue weighted by molar-refractivity contribution is 0.271. The Hall–Kier alpha value is -1.81. The minimum absolute atomic E-state index is 0.519. The second-order valence-electron chi connectivity index (χ2n) is 5.69. The van der Waals surface area contributed by atoms with Crippen LogP contribution in [0.5, 0.6) is 5.75 Å². The lowest BCUT2D eigenvalue weighted by Gasteiger charge is -2.10. The zero-order chi connectivity index (χ0) is 15.2. The first kappa shape index (κ1) is 15.6. The number of ether oxygens (including phenoxy) is 1. The van der Waals surface area contributed by atoms with Crippen molar-refractivity contribution < 1.29 is 4.74 Å². The van der Waals surface area contributed by atoms with Gasteiger partial charge >= 0.3 is 0 Å². The monoisotopic (exact) mass is 287 g/mol. The van der Waals surface area contributed by atoms with Gasteiger partial charge in [0.15, 0.2) is 0 Å². The Morgan fingerprint density at radius 2 is 2.14 bits per heavy atom. The standard InChI is InChI=1S/C17H25N3O/c1-5-18-10-16-13(4)19-20-17(16)14-7-6-8-15(9-14)21-11-12(2)3/h6-9,12,18H,5,10-11H2,1-4H3,(H,19,20). The topological polar surface area (TPSA) is 49.9 Å². The van der Waals surface area contributed by atoms with Crippen LogP contribution < -0.4 is 10.1 Å². The summed E-state index contributed by atoms with van der Waals surface area (Å²) in [6.45, 7) is 11.0. The summed E-state index contributed by atoms with van der Waals surface area (Å²) in [6, 6.07) is 8.15. The Morgan fingerprint density at radius 3 is 2.86 bits per heavy atom. The summed E-state index contributed by atoms with van der Waals surface area (Å²) in [4.78, 5) is 0. The fourth-order valence-corrected chi connectivity index (χ4v) is 2.15. The van der Waals surface area contributed by atoms with Gasteiger partial charge in [0.05, 0.1) is 12.3 Å². The number of rotatable bonds is 7. The lowest BCUT2D eigenvalue weighted by atomic mass is 10.1. The number of H-pyrrole nitrogens is 1. The molecule has 0 fully saturated rings. The number of hydrogen-bond acceptors (Lipinski definition) is 3. The second kappa shape index (κ2) is 7.27. The van der Waals surface area contributed by atoms with Gasteiger partial charge in [0.1, 0.15) is 5.75 Å².